The molecule has 4 rings (SSSR count). The molecule has 0 bridgehead atoms. The maximum Gasteiger partial charge on any atom is 0.335 e. The van der Waals surface area contributed by atoms with Gasteiger partial charge in [-0.1, -0.05) is 51.3 Å². The smallest absolute Gasteiger partial charge is 0.335 e. The van der Waals surface area contributed by atoms with E-state index in [1.807, 2.05) is 0 Å². The zero-order chi connectivity index (χ0) is 24.4. The summed E-state index contributed by atoms with van der Waals surface area (Å²) in [5, 5.41) is 2.55. The molecule has 1 heterocycles. The number of benzene rings is 3. The number of hydrogen-bond acceptors (Lipinski definition) is 4. The lowest BCUT2D eigenvalue weighted by molar-refractivity contribution is -0.122. The first-order chi connectivity index (χ1) is 16.2. The fourth-order valence-electron chi connectivity index (χ4n) is 3.21. The van der Waals surface area contributed by atoms with Gasteiger partial charge in [0.1, 0.15) is 23.7 Å². The number of barbiturate groups is 1. The van der Waals surface area contributed by atoms with Gasteiger partial charge in [0.05, 0.1) is 10.7 Å². The van der Waals surface area contributed by atoms with Crippen molar-refractivity contribution in [2.75, 3.05) is 4.90 Å². The van der Waals surface area contributed by atoms with Gasteiger partial charge >= 0.3 is 6.03 Å². The monoisotopic (exact) mass is 562 g/mol. The Labute approximate surface area is 212 Å². The van der Waals surface area contributed by atoms with Crippen LogP contribution in [-0.4, -0.2) is 17.8 Å². The molecule has 0 aromatic heterocycles. The van der Waals surface area contributed by atoms with Crippen molar-refractivity contribution >= 4 is 68.7 Å². The fraction of sp³-hybridized carbons (Fsp3) is 0.0417. The number of halogens is 4. The third-order valence-corrected chi connectivity index (χ3v) is 5.85. The van der Waals surface area contributed by atoms with Crippen molar-refractivity contribution < 1.29 is 23.5 Å². The Morgan fingerprint density at radius 1 is 1.00 bits per heavy atom. The molecule has 0 spiro atoms. The molecule has 0 unspecified atom stereocenters. The van der Waals surface area contributed by atoms with E-state index in [-0.39, 0.29) is 45.0 Å². The van der Waals surface area contributed by atoms with Crippen molar-refractivity contribution in [3.05, 3.63) is 97.7 Å². The highest BCUT2D eigenvalue weighted by atomic mass is 79.9. The predicted octanol–water partition coefficient (Wildman–Crippen LogP) is 6.14. The van der Waals surface area contributed by atoms with Gasteiger partial charge < -0.3 is 4.74 Å². The van der Waals surface area contributed by atoms with Crippen molar-refractivity contribution in [3.8, 4) is 5.75 Å². The Hall–Kier alpha value is -3.20. The minimum Gasteiger partial charge on any atom is -0.487 e. The first-order valence-electron chi connectivity index (χ1n) is 9.76. The number of imide groups is 2. The topological polar surface area (TPSA) is 75.7 Å². The predicted molar refractivity (Wildman–Crippen MR) is 130 cm³/mol. The Morgan fingerprint density at radius 3 is 2.35 bits per heavy atom. The number of hydrogen-bond donors (Lipinski definition) is 1. The largest absolute Gasteiger partial charge is 0.487 e. The first-order valence-corrected chi connectivity index (χ1v) is 11.3. The van der Waals surface area contributed by atoms with Gasteiger partial charge in [0.15, 0.2) is 0 Å². The second-order valence-electron chi connectivity index (χ2n) is 7.16. The number of amides is 4. The number of carbonyl (C=O) groups excluding carboxylic acids is 3. The highest BCUT2D eigenvalue weighted by Crippen LogP contribution is 2.35. The number of carbonyl (C=O) groups is 3. The zero-order valence-electron chi connectivity index (χ0n) is 17.2. The lowest BCUT2D eigenvalue weighted by Crippen LogP contribution is -2.54. The van der Waals surface area contributed by atoms with Crippen LogP contribution >= 0.6 is 39.1 Å². The van der Waals surface area contributed by atoms with Gasteiger partial charge in [0.2, 0.25) is 0 Å². The van der Waals surface area contributed by atoms with Gasteiger partial charge in [0, 0.05) is 15.1 Å². The lowest BCUT2D eigenvalue weighted by atomic mass is 10.1. The highest BCUT2D eigenvalue weighted by molar-refractivity contribution is 9.10. The summed E-state index contributed by atoms with van der Waals surface area (Å²) in [5.74, 6) is -1.92. The van der Waals surface area contributed by atoms with E-state index in [4.69, 9.17) is 27.9 Å². The quantitative estimate of drug-likeness (QED) is 0.299. The molecule has 1 N–H and O–H groups in total. The van der Waals surface area contributed by atoms with Crippen molar-refractivity contribution in [2.24, 2.45) is 0 Å². The van der Waals surface area contributed by atoms with E-state index in [1.54, 1.807) is 36.4 Å². The summed E-state index contributed by atoms with van der Waals surface area (Å²) in [4.78, 5) is 38.9. The van der Waals surface area contributed by atoms with E-state index >= 15 is 0 Å². The van der Waals surface area contributed by atoms with Crippen LogP contribution in [0.3, 0.4) is 0 Å². The summed E-state index contributed by atoms with van der Waals surface area (Å²) in [6.07, 6.45) is 1.26. The third kappa shape index (κ3) is 5.14. The minimum absolute atomic E-state index is 0.0431. The fourth-order valence-corrected chi connectivity index (χ4v) is 4.04. The molecule has 6 nitrogen and oxygen atoms in total. The van der Waals surface area contributed by atoms with Crippen LogP contribution in [0.1, 0.15) is 11.1 Å². The number of ether oxygens (including phenoxy) is 1. The molecule has 1 saturated heterocycles. The molecule has 0 aliphatic carbocycles. The molecule has 0 atom stereocenters. The number of nitrogens with one attached hydrogen (secondary N) is 1. The van der Waals surface area contributed by atoms with Gasteiger partial charge in [0.25, 0.3) is 11.8 Å². The van der Waals surface area contributed by atoms with Crippen molar-refractivity contribution in [1.29, 1.82) is 0 Å². The molecule has 1 aliphatic rings. The normalized spacial score (nSPS) is 15.0. The van der Waals surface area contributed by atoms with Gasteiger partial charge in [-0.15, -0.1) is 0 Å². The standard InChI is InChI=1S/C24H14BrCl2FN2O4/c25-15-3-7-18(8-4-15)30-23(32)19(22(31)29-24(30)33)10-14-9-16(26)11-20(27)21(14)34-12-13-1-5-17(28)6-2-13/h1-11H,12H2,(H,29,31,33)/b19-10+. The third-order valence-electron chi connectivity index (χ3n) is 4.82. The van der Waals surface area contributed by atoms with Gasteiger partial charge in [-0.25, -0.2) is 14.1 Å². The van der Waals surface area contributed by atoms with Gasteiger partial charge in [-0.05, 0) is 60.2 Å². The Morgan fingerprint density at radius 2 is 1.68 bits per heavy atom. The summed E-state index contributed by atoms with van der Waals surface area (Å²) in [6.45, 7) is 0.0431. The van der Waals surface area contributed by atoms with E-state index < -0.39 is 17.8 Å². The molecular weight excluding hydrogens is 550 g/mol. The maximum absolute atomic E-state index is 13.2. The van der Waals surface area contributed by atoms with E-state index in [1.165, 1.54) is 30.3 Å². The second-order valence-corrected chi connectivity index (χ2v) is 8.91. The van der Waals surface area contributed by atoms with Crippen LogP contribution in [-0.2, 0) is 16.2 Å². The summed E-state index contributed by atoms with van der Waals surface area (Å²) < 4.78 is 19.7. The van der Waals surface area contributed by atoms with E-state index in [0.717, 1.165) is 9.37 Å². The molecular formula is C24H14BrCl2FN2O4. The van der Waals surface area contributed by atoms with Crippen molar-refractivity contribution in [2.45, 2.75) is 6.61 Å². The van der Waals surface area contributed by atoms with Gasteiger partial charge in [-0.3, -0.25) is 14.9 Å². The Kier molecular flexibility index (Phi) is 7.02. The highest BCUT2D eigenvalue weighted by Gasteiger charge is 2.37. The molecule has 1 aliphatic heterocycles. The van der Waals surface area contributed by atoms with Crippen LogP contribution in [0.25, 0.3) is 6.08 Å². The van der Waals surface area contributed by atoms with E-state index in [2.05, 4.69) is 21.2 Å². The molecule has 3 aromatic carbocycles. The number of rotatable bonds is 5. The molecule has 1 fully saturated rings. The molecule has 4 amide bonds. The van der Waals surface area contributed by atoms with Crippen LogP contribution in [0.4, 0.5) is 14.9 Å². The summed E-state index contributed by atoms with van der Waals surface area (Å²) in [7, 11) is 0. The van der Waals surface area contributed by atoms with Crippen LogP contribution < -0.4 is 15.0 Å². The van der Waals surface area contributed by atoms with Crippen molar-refractivity contribution in [3.63, 3.8) is 0 Å². The Bertz CT molecular complexity index is 1330. The van der Waals surface area contributed by atoms with Gasteiger partial charge in [-0.2, -0.15) is 0 Å². The minimum atomic E-state index is -0.871. The summed E-state index contributed by atoms with van der Waals surface area (Å²) in [6, 6.07) is 14.2. The summed E-state index contributed by atoms with van der Waals surface area (Å²) >= 11 is 15.8. The number of nitrogens with zero attached hydrogens (tertiary/aromatic N) is 1. The molecule has 34 heavy (non-hydrogen) atoms. The van der Waals surface area contributed by atoms with E-state index in [0.29, 0.717) is 5.56 Å². The average molecular weight is 564 g/mol. The molecule has 172 valence electrons. The maximum atomic E-state index is 13.2. The number of urea groups is 1. The SMILES string of the molecule is O=C1NC(=O)N(c2ccc(Br)cc2)C(=O)/C1=C/c1cc(Cl)cc(Cl)c1OCc1ccc(F)cc1. The zero-order valence-corrected chi connectivity index (χ0v) is 20.2. The number of anilines is 1. The molecule has 3 aromatic rings. The lowest BCUT2D eigenvalue weighted by Gasteiger charge is -2.26. The molecule has 0 saturated carbocycles. The van der Waals surface area contributed by atoms with Crippen LogP contribution in [0.5, 0.6) is 5.75 Å². The van der Waals surface area contributed by atoms with Crippen LogP contribution in [0.15, 0.2) is 70.7 Å². The second kappa shape index (κ2) is 9.97. The summed E-state index contributed by atoms with van der Waals surface area (Å²) in [5.41, 5.74) is 0.890. The van der Waals surface area contributed by atoms with Crippen LogP contribution in [0, 0.1) is 5.82 Å². The first kappa shape index (κ1) is 23.9. The van der Waals surface area contributed by atoms with Crippen molar-refractivity contribution in [1.82, 2.24) is 5.32 Å². The Balaban J connectivity index is 1.70. The molecule has 10 heteroatoms. The van der Waals surface area contributed by atoms with E-state index in [9.17, 15) is 18.8 Å². The van der Waals surface area contributed by atoms with Crippen LogP contribution in [0.2, 0.25) is 10.0 Å². The molecule has 0 radical (unpaired) electrons. The average Bonchev–Trinajstić information content (AvgIpc) is 2.78.